The van der Waals surface area contributed by atoms with Crippen LogP contribution in [0.4, 0.5) is 10.8 Å². The molecule has 0 aliphatic carbocycles. The quantitative estimate of drug-likeness (QED) is 0.639. The molecule has 2 aromatic rings. The molecular weight excluding hydrogens is 402 g/mol. The Balaban J connectivity index is 2.09. The lowest BCUT2D eigenvalue weighted by atomic mass is 9.80. The van der Waals surface area contributed by atoms with Gasteiger partial charge in [-0.05, 0) is 45.4 Å². The van der Waals surface area contributed by atoms with E-state index in [4.69, 9.17) is 9.47 Å². The van der Waals surface area contributed by atoms with Gasteiger partial charge in [-0.25, -0.2) is 14.6 Å². The maximum absolute atomic E-state index is 12.8. The first-order valence-electron chi connectivity index (χ1n) is 9.75. The highest BCUT2D eigenvalue weighted by molar-refractivity contribution is 7.13. The Bertz CT molecular complexity index is 956. The number of nitrogens with zero attached hydrogens (tertiary/aromatic N) is 1. The van der Waals surface area contributed by atoms with E-state index in [9.17, 15) is 9.59 Å². The number of hydrogen-bond donors (Lipinski definition) is 2. The van der Waals surface area contributed by atoms with Gasteiger partial charge in [0.2, 0.25) is 0 Å². The van der Waals surface area contributed by atoms with E-state index in [1.165, 1.54) is 11.3 Å². The van der Waals surface area contributed by atoms with Gasteiger partial charge in [0.1, 0.15) is 0 Å². The van der Waals surface area contributed by atoms with Gasteiger partial charge < -0.3 is 20.1 Å². The summed E-state index contributed by atoms with van der Waals surface area (Å²) in [7, 11) is 0. The number of rotatable bonds is 7. The Morgan fingerprint density at radius 1 is 1.10 bits per heavy atom. The van der Waals surface area contributed by atoms with Gasteiger partial charge in [-0.15, -0.1) is 11.3 Å². The first-order valence-corrected chi connectivity index (χ1v) is 10.6. The lowest BCUT2D eigenvalue weighted by Crippen LogP contribution is -2.32. The second kappa shape index (κ2) is 9.58. The Morgan fingerprint density at radius 3 is 2.27 bits per heavy atom. The van der Waals surface area contributed by atoms with Crippen molar-refractivity contribution in [1.82, 2.24) is 10.3 Å². The number of carbonyl (C=O) groups is 2. The molecule has 2 N–H and O–H groups in total. The number of hydrogen-bond acceptors (Lipinski definition) is 8. The zero-order valence-corrected chi connectivity index (χ0v) is 18.3. The summed E-state index contributed by atoms with van der Waals surface area (Å²) in [6.45, 7) is 7.61. The zero-order chi connectivity index (χ0) is 21.7. The molecule has 0 spiro atoms. The maximum atomic E-state index is 12.8. The third kappa shape index (κ3) is 4.54. The fourth-order valence-electron chi connectivity index (χ4n) is 3.49. The van der Waals surface area contributed by atoms with E-state index in [2.05, 4.69) is 15.6 Å². The van der Waals surface area contributed by atoms with Gasteiger partial charge in [-0.3, -0.25) is 0 Å². The monoisotopic (exact) mass is 427 g/mol. The van der Waals surface area contributed by atoms with Crippen molar-refractivity contribution in [3.05, 3.63) is 63.9 Å². The van der Waals surface area contributed by atoms with Crippen LogP contribution in [0.15, 0.2) is 58.4 Å². The number of carbonyl (C=O) groups excluding carboxylic acids is 2. The Hall–Kier alpha value is -3.13. The summed E-state index contributed by atoms with van der Waals surface area (Å²) in [6, 6.07) is 7.59. The molecule has 0 saturated heterocycles. The molecule has 1 aromatic carbocycles. The van der Waals surface area contributed by atoms with Crippen LogP contribution < -0.4 is 10.6 Å². The second-order valence-corrected chi connectivity index (χ2v) is 7.56. The number of nitrogens with one attached hydrogen (secondary N) is 2. The van der Waals surface area contributed by atoms with Crippen LogP contribution >= 0.6 is 11.3 Å². The zero-order valence-electron chi connectivity index (χ0n) is 17.4. The summed E-state index contributed by atoms with van der Waals surface area (Å²) in [5, 5.41) is 9.03. The van der Waals surface area contributed by atoms with Gasteiger partial charge in [-0.1, -0.05) is 12.1 Å². The van der Waals surface area contributed by atoms with Crippen molar-refractivity contribution in [2.24, 2.45) is 0 Å². The highest BCUT2D eigenvalue weighted by Gasteiger charge is 2.38. The van der Waals surface area contributed by atoms with E-state index in [0.717, 1.165) is 16.4 Å². The van der Waals surface area contributed by atoms with Crippen molar-refractivity contribution in [2.75, 3.05) is 18.5 Å². The lowest BCUT2D eigenvalue weighted by Gasteiger charge is -2.30. The van der Waals surface area contributed by atoms with Crippen LogP contribution in [0.25, 0.3) is 0 Å². The normalized spacial score (nSPS) is 14.4. The number of benzene rings is 1. The Morgan fingerprint density at radius 2 is 1.73 bits per heavy atom. The average molecular weight is 428 g/mol. The van der Waals surface area contributed by atoms with Gasteiger partial charge >= 0.3 is 11.9 Å². The summed E-state index contributed by atoms with van der Waals surface area (Å²) in [5.41, 5.74) is 3.70. The topological polar surface area (TPSA) is 89.5 Å². The molecule has 0 atom stereocenters. The first-order chi connectivity index (χ1) is 14.5. The van der Waals surface area contributed by atoms with Crippen molar-refractivity contribution in [2.45, 2.75) is 33.6 Å². The minimum Gasteiger partial charge on any atom is -0.463 e. The minimum atomic E-state index is -0.609. The number of dihydropyridines is 1. The highest BCUT2D eigenvalue weighted by Crippen LogP contribution is 2.40. The molecule has 8 heteroatoms. The predicted molar refractivity (Wildman–Crippen MR) is 116 cm³/mol. The van der Waals surface area contributed by atoms with Gasteiger partial charge in [-0.2, -0.15) is 0 Å². The molecule has 158 valence electrons. The minimum absolute atomic E-state index is 0.241. The Labute approximate surface area is 179 Å². The van der Waals surface area contributed by atoms with Gasteiger partial charge in [0.25, 0.3) is 0 Å². The largest absolute Gasteiger partial charge is 0.463 e. The van der Waals surface area contributed by atoms with Crippen molar-refractivity contribution >= 4 is 34.1 Å². The lowest BCUT2D eigenvalue weighted by molar-refractivity contribution is -0.139. The van der Waals surface area contributed by atoms with Crippen LogP contribution in [0.3, 0.4) is 0 Å². The van der Waals surface area contributed by atoms with Crippen molar-refractivity contribution in [1.29, 1.82) is 0 Å². The van der Waals surface area contributed by atoms with E-state index in [-0.39, 0.29) is 13.2 Å². The predicted octanol–water partition coefficient (Wildman–Crippen LogP) is 4.25. The van der Waals surface area contributed by atoms with Gasteiger partial charge in [0.15, 0.2) is 5.13 Å². The van der Waals surface area contributed by atoms with Crippen LogP contribution in [0.5, 0.6) is 0 Å². The van der Waals surface area contributed by atoms with E-state index in [1.54, 1.807) is 20.0 Å². The number of ether oxygens (including phenoxy) is 2. The average Bonchev–Trinajstić information content (AvgIpc) is 3.20. The second-order valence-electron chi connectivity index (χ2n) is 6.66. The summed E-state index contributed by atoms with van der Waals surface area (Å²) >= 11 is 1.48. The molecular formula is C22H25N3O4S. The number of esters is 2. The third-order valence-electron chi connectivity index (χ3n) is 4.65. The summed E-state index contributed by atoms with van der Waals surface area (Å²) in [6.07, 6.45) is 1.72. The van der Waals surface area contributed by atoms with E-state index in [1.807, 2.05) is 43.5 Å². The third-order valence-corrected chi connectivity index (χ3v) is 5.34. The number of aromatic nitrogens is 1. The Kier molecular flexibility index (Phi) is 6.89. The van der Waals surface area contributed by atoms with Crippen molar-refractivity contribution < 1.29 is 19.1 Å². The van der Waals surface area contributed by atoms with E-state index < -0.39 is 17.9 Å². The fraction of sp³-hybridized carbons (Fsp3) is 0.318. The molecule has 7 nitrogen and oxygen atoms in total. The molecule has 0 fully saturated rings. The molecule has 0 unspecified atom stereocenters. The molecule has 0 bridgehead atoms. The maximum Gasteiger partial charge on any atom is 0.336 e. The fourth-order valence-corrected chi connectivity index (χ4v) is 4.04. The first kappa shape index (κ1) is 21.6. The number of thiazole rings is 1. The van der Waals surface area contributed by atoms with Crippen LogP contribution in [0.2, 0.25) is 0 Å². The molecule has 2 heterocycles. The molecule has 30 heavy (non-hydrogen) atoms. The van der Waals surface area contributed by atoms with Crippen LogP contribution in [-0.4, -0.2) is 30.1 Å². The van der Waals surface area contributed by atoms with Crippen molar-refractivity contribution in [3.8, 4) is 0 Å². The van der Waals surface area contributed by atoms with Gasteiger partial charge in [0.05, 0.1) is 30.3 Å². The molecule has 1 aliphatic rings. The summed E-state index contributed by atoms with van der Waals surface area (Å²) in [5.74, 6) is -1.53. The van der Waals surface area contributed by atoms with Crippen LogP contribution in [0, 0.1) is 0 Å². The summed E-state index contributed by atoms with van der Waals surface area (Å²) in [4.78, 5) is 29.9. The van der Waals surface area contributed by atoms with Crippen LogP contribution in [0.1, 0.15) is 39.2 Å². The molecule has 0 amide bonds. The SMILES string of the molecule is CCOC(=O)C1=C(C)NC(C)=C(C(=O)OCC)C1c1cccc(Nc2nccs2)c1. The summed E-state index contributed by atoms with van der Waals surface area (Å²) < 4.78 is 10.6. The molecule has 3 rings (SSSR count). The number of anilines is 2. The van der Waals surface area contributed by atoms with E-state index >= 15 is 0 Å². The van der Waals surface area contributed by atoms with Gasteiger partial charge in [0, 0.05) is 28.7 Å². The standard InChI is InChI=1S/C22H25N3O4S/c1-5-28-20(26)17-13(3)24-14(4)18(21(27)29-6-2)19(17)15-8-7-9-16(12-15)25-22-23-10-11-30-22/h7-12,19,24H,5-6H2,1-4H3,(H,23,25). The molecule has 1 aromatic heterocycles. The van der Waals surface area contributed by atoms with Crippen molar-refractivity contribution in [3.63, 3.8) is 0 Å². The van der Waals surface area contributed by atoms with E-state index in [0.29, 0.717) is 22.5 Å². The smallest absolute Gasteiger partial charge is 0.336 e. The molecule has 0 radical (unpaired) electrons. The number of allylic oxidation sites excluding steroid dienone is 2. The molecule has 1 aliphatic heterocycles. The highest BCUT2D eigenvalue weighted by atomic mass is 32.1. The van der Waals surface area contributed by atoms with Crippen LogP contribution in [-0.2, 0) is 19.1 Å². The molecule has 0 saturated carbocycles.